The number of imide groups is 1. The van der Waals surface area contributed by atoms with Crippen LogP contribution in [0.5, 0.6) is 5.75 Å². The summed E-state index contributed by atoms with van der Waals surface area (Å²) in [5.74, 6) is -1.99. The SMILES string of the molecule is O=C1[C@@H]2[C@@H](ON(c3cccc([N+](=O)[O-])c3)[C@H]2c2ccc(OS(=O)(=O)c3ccccc3)cc2)C(=O)N1c1ccccc1. The van der Waals surface area contributed by atoms with Crippen LogP contribution in [-0.2, 0) is 24.5 Å². The quantitative estimate of drug-likeness (QED) is 0.137. The lowest BCUT2D eigenvalue weighted by molar-refractivity contribution is -0.384. The Balaban J connectivity index is 1.37. The van der Waals surface area contributed by atoms with E-state index >= 15 is 0 Å². The van der Waals surface area contributed by atoms with E-state index in [9.17, 15) is 28.1 Å². The summed E-state index contributed by atoms with van der Waals surface area (Å²) in [5.41, 5.74) is 0.985. The van der Waals surface area contributed by atoms with Gasteiger partial charge in [-0.1, -0.05) is 54.6 Å². The van der Waals surface area contributed by atoms with Crippen LogP contribution in [0, 0.1) is 16.0 Å². The van der Waals surface area contributed by atoms with E-state index in [0.717, 1.165) is 4.90 Å². The minimum atomic E-state index is -4.08. The first kappa shape index (κ1) is 26.2. The maximum atomic E-state index is 13.7. The number of hydrogen-bond acceptors (Lipinski definition) is 9. The first-order valence-corrected chi connectivity index (χ1v) is 13.9. The van der Waals surface area contributed by atoms with Crippen LogP contribution in [-0.4, -0.2) is 31.3 Å². The number of non-ortho nitro benzene ring substituents is 1. The zero-order chi connectivity index (χ0) is 28.7. The number of carbonyl (C=O) groups is 2. The number of nitrogens with zero attached hydrogens (tertiary/aromatic N) is 3. The number of carbonyl (C=O) groups excluding carboxylic acids is 2. The number of fused-ring (bicyclic) bond motifs is 1. The average Bonchev–Trinajstić information content (AvgIpc) is 3.49. The van der Waals surface area contributed by atoms with Gasteiger partial charge in [0, 0.05) is 12.1 Å². The number of hydroxylamine groups is 1. The molecule has 2 aliphatic rings. The standard InChI is InChI=1S/C29H21N3O8S/c33-28-25-26(19-14-16-23(17-15-19)40-41(37,38)24-12-5-2-6-13-24)31(21-10-7-11-22(18-21)32(35)36)39-27(25)29(34)30(28)20-8-3-1-4-9-20/h1-18,25-27H/t25-,26-,27+/m0/s1. The zero-order valence-corrected chi connectivity index (χ0v) is 22.0. The zero-order valence-electron chi connectivity index (χ0n) is 21.1. The first-order valence-electron chi connectivity index (χ1n) is 12.5. The number of rotatable bonds is 7. The highest BCUT2D eigenvalue weighted by molar-refractivity contribution is 7.87. The molecule has 11 nitrogen and oxygen atoms in total. The molecular formula is C29H21N3O8S. The highest BCUT2D eigenvalue weighted by Gasteiger charge is 2.60. The normalized spacial score (nSPS) is 20.2. The van der Waals surface area contributed by atoms with Crippen molar-refractivity contribution in [1.29, 1.82) is 0 Å². The summed E-state index contributed by atoms with van der Waals surface area (Å²) in [6, 6.07) is 27.0. The van der Waals surface area contributed by atoms with Gasteiger partial charge in [0.15, 0.2) is 6.10 Å². The van der Waals surface area contributed by atoms with Gasteiger partial charge < -0.3 is 4.18 Å². The Bertz CT molecular complexity index is 1750. The minimum absolute atomic E-state index is 0.0102. The second kappa shape index (κ2) is 10.2. The fourth-order valence-electron chi connectivity index (χ4n) is 5.03. The van der Waals surface area contributed by atoms with Crippen molar-refractivity contribution in [2.45, 2.75) is 17.0 Å². The summed E-state index contributed by atoms with van der Waals surface area (Å²) in [6.45, 7) is 0. The molecule has 0 unspecified atom stereocenters. The average molecular weight is 572 g/mol. The van der Waals surface area contributed by atoms with Crippen molar-refractivity contribution < 1.29 is 32.0 Å². The Labute approximate surface area is 234 Å². The monoisotopic (exact) mass is 571 g/mol. The summed E-state index contributed by atoms with van der Waals surface area (Å²) in [6.07, 6.45) is -1.18. The highest BCUT2D eigenvalue weighted by Crippen LogP contribution is 2.48. The number of hydrogen-bond donors (Lipinski definition) is 0. The van der Waals surface area contributed by atoms with Gasteiger partial charge >= 0.3 is 10.1 Å². The van der Waals surface area contributed by atoms with Crippen LogP contribution in [0.1, 0.15) is 11.6 Å². The molecular weight excluding hydrogens is 550 g/mol. The summed E-state index contributed by atoms with van der Waals surface area (Å²) in [7, 11) is -4.08. The van der Waals surface area contributed by atoms with E-state index in [2.05, 4.69) is 0 Å². The molecule has 0 N–H and O–H groups in total. The molecule has 6 rings (SSSR count). The van der Waals surface area contributed by atoms with Crippen molar-refractivity contribution in [2.75, 3.05) is 9.96 Å². The number of nitro groups is 1. The smallest absolute Gasteiger partial charge is 0.339 e. The van der Waals surface area contributed by atoms with Gasteiger partial charge in [-0.2, -0.15) is 8.42 Å². The molecule has 0 radical (unpaired) electrons. The Kier molecular flexibility index (Phi) is 6.48. The van der Waals surface area contributed by atoms with Gasteiger partial charge in [-0.15, -0.1) is 0 Å². The van der Waals surface area contributed by atoms with Crippen LogP contribution in [0.2, 0.25) is 0 Å². The van der Waals surface area contributed by atoms with Crippen molar-refractivity contribution in [1.82, 2.24) is 0 Å². The van der Waals surface area contributed by atoms with Gasteiger partial charge in [0.1, 0.15) is 16.6 Å². The van der Waals surface area contributed by atoms with E-state index in [1.165, 1.54) is 47.5 Å². The molecule has 12 heteroatoms. The minimum Gasteiger partial charge on any atom is -0.379 e. The maximum absolute atomic E-state index is 13.7. The van der Waals surface area contributed by atoms with Crippen molar-refractivity contribution in [3.05, 3.63) is 125 Å². The third-order valence-corrected chi connectivity index (χ3v) is 8.15. The molecule has 0 spiro atoms. The topological polar surface area (TPSA) is 136 Å². The fraction of sp³-hybridized carbons (Fsp3) is 0.103. The Morgan fingerprint density at radius 3 is 2.07 bits per heavy atom. The number of para-hydroxylation sites is 1. The molecule has 3 atom stereocenters. The number of anilines is 2. The van der Waals surface area contributed by atoms with E-state index in [1.54, 1.807) is 66.7 Å². The highest BCUT2D eigenvalue weighted by atomic mass is 32.2. The summed E-state index contributed by atoms with van der Waals surface area (Å²) >= 11 is 0. The van der Waals surface area contributed by atoms with E-state index in [0.29, 0.717) is 11.3 Å². The predicted molar refractivity (Wildman–Crippen MR) is 146 cm³/mol. The Morgan fingerprint density at radius 1 is 0.780 bits per heavy atom. The molecule has 2 heterocycles. The molecule has 0 aliphatic carbocycles. The van der Waals surface area contributed by atoms with Crippen LogP contribution in [0.3, 0.4) is 0 Å². The molecule has 4 aromatic rings. The van der Waals surface area contributed by atoms with Crippen LogP contribution in [0.25, 0.3) is 0 Å². The van der Waals surface area contributed by atoms with Crippen LogP contribution in [0.15, 0.2) is 114 Å². The Morgan fingerprint density at radius 2 is 1.41 bits per heavy atom. The molecule has 2 aliphatic heterocycles. The first-order chi connectivity index (χ1) is 19.7. The predicted octanol–water partition coefficient (Wildman–Crippen LogP) is 4.41. The molecule has 206 valence electrons. The molecule has 2 saturated heterocycles. The Hall–Kier alpha value is -5.07. The van der Waals surface area contributed by atoms with Gasteiger partial charge in [0.25, 0.3) is 11.6 Å². The maximum Gasteiger partial charge on any atom is 0.339 e. The van der Waals surface area contributed by atoms with Gasteiger partial charge in [-0.25, -0.2) is 9.96 Å². The molecule has 41 heavy (non-hydrogen) atoms. The largest absolute Gasteiger partial charge is 0.379 e. The summed E-state index contributed by atoms with van der Waals surface area (Å²) in [5, 5.41) is 12.8. The van der Waals surface area contributed by atoms with Crippen molar-refractivity contribution >= 4 is 39.0 Å². The molecule has 0 saturated carbocycles. The molecule has 0 aromatic heterocycles. The third-order valence-electron chi connectivity index (χ3n) is 6.88. The van der Waals surface area contributed by atoms with Gasteiger partial charge in [0.05, 0.1) is 22.3 Å². The summed E-state index contributed by atoms with van der Waals surface area (Å²) < 4.78 is 30.6. The van der Waals surface area contributed by atoms with Crippen LogP contribution in [0.4, 0.5) is 17.1 Å². The van der Waals surface area contributed by atoms with Gasteiger partial charge in [-0.05, 0) is 48.0 Å². The van der Waals surface area contributed by atoms with Crippen molar-refractivity contribution in [3.8, 4) is 5.75 Å². The van der Waals surface area contributed by atoms with Crippen LogP contribution >= 0.6 is 0 Å². The second-order valence-corrected chi connectivity index (χ2v) is 10.9. The molecule has 2 fully saturated rings. The van der Waals surface area contributed by atoms with E-state index in [1.807, 2.05) is 0 Å². The third kappa shape index (κ3) is 4.68. The van der Waals surface area contributed by atoms with Gasteiger partial charge in [0.2, 0.25) is 5.91 Å². The molecule has 0 bridgehead atoms. The lowest BCUT2D eigenvalue weighted by Gasteiger charge is -2.28. The second-order valence-electron chi connectivity index (χ2n) is 9.37. The lowest BCUT2D eigenvalue weighted by atomic mass is 9.90. The van der Waals surface area contributed by atoms with E-state index in [4.69, 9.17) is 9.02 Å². The summed E-state index contributed by atoms with van der Waals surface area (Å²) in [4.78, 5) is 45.2. The number of benzene rings is 4. The van der Waals surface area contributed by atoms with Crippen molar-refractivity contribution in [2.24, 2.45) is 5.92 Å². The number of nitro benzene ring substituents is 1. The van der Waals surface area contributed by atoms with Gasteiger partial charge in [-0.3, -0.25) is 24.5 Å². The molecule has 4 aromatic carbocycles. The van der Waals surface area contributed by atoms with Crippen molar-refractivity contribution in [3.63, 3.8) is 0 Å². The fourth-order valence-corrected chi connectivity index (χ4v) is 5.99. The molecule has 2 amide bonds. The van der Waals surface area contributed by atoms with E-state index in [-0.39, 0.29) is 22.0 Å². The van der Waals surface area contributed by atoms with E-state index < -0.39 is 44.9 Å². The van der Waals surface area contributed by atoms with Crippen LogP contribution < -0.4 is 14.1 Å². The lowest BCUT2D eigenvalue weighted by Crippen LogP contribution is -2.37. The number of amides is 2.